The third-order valence-corrected chi connectivity index (χ3v) is 4.89. The van der Waals surface area contributed by atoms with E-state index in [9.17, 15) is 9.59 Å². The Labute approximate surface area is 174 Å². The molecule has 0 aromatic heterocycles. The van der Waals surface area contributed by atoms with E-state index in [0.29, 0.717) is 28.1 Å². The SMILES string of the molecule is COc1ccc(NC=C2C(=O)N(c3ccc(OC)cc3)C(=O)c3ccccc32)cc1. The number of benzene rings is 3. The number of hydrogen-bond donors (Lipinski definition) is 1. The van der Waals surface area contributed by atoms with Crippen LogP contribution in [0.2, 0.25) is 0 Å². The Morgan fingerprint density at radius 3 is 1.90 bits per heavy atom. The van der Waals surface area contributed by atoms with Crippen molar-refractivity contribution >= 4 is 28.8 Å². The predicted molar refractivity (Wildman–Crippen MR) is 116 cm³/mol. The van der Waals surface area contributed by atoms with Crippen LogP contribution in [0.25, 0.3) is 5.57 Å². The maximum absolute atomic E-state index is 13.3. The summed E-state index contributed by atoms with van der Waals surface area (Å²) in [4.78, 5) is 27.6. The lowest BCUT2D eigenvalue weighted by Gasteiger charge is -2.28. The van der Waals surface area contributed by atoms with Gasteiger partial charge in [-0.2, -0.15) is 0 Å². The zero-order valence-electron chi connectivity index (χ0n) is 16.6. The van der Waals surface area contributed by atoms with E-state index in [1.165, 1.54) is 4.90 Å². The second-order valence-corrected chi connectivity index (χ2v) is 6.62. The molecule has 0 saturated heterocycles. The monoisotopic (exact) mass is 400 g/mol. The maximum atomic E-state index is 13.3. The van der Waals surface area contributed by atoms with Gasteiger partial charge in [0.1, 0.15) is 11.5 Å². The van der Waals surface area contributed by atoms with Crippen molar-refractivity contribution in [3.05, 3.63) is 90.1 Å². The summed E-state index contributed by atoms with van der Waals surface area (Å²) in [5.74, 6) is 0.629. The van der Waals surface area contributed by atoms with Crippen LogP contribution >= 0.6 is 0 Å². The lowest BCUT2D eigenvalue weighted by atomic mass is 9.93. The lowest BCUT2D eigenvalue weighted by Crippen LogP contribution is -2.42. The van der Waals surface area contributed by atoms with Gasteiger partial charge in [-0.05, 0) is 54.6 Å². The number of imide groups is 1. The second kappa shape index (κ2) is 8.13. The van der Waals surface area contributed by atoms with Crippen LogP contribution in [0.5, 0.6) is 11.5 Å². The fourth-order valence-electron chi connectivity index (χ4n) is 3.30. The van der Waals surface area contributed by atoms with Crippen molar-refractivity contribution in [2.24, 2.45) is 0 Å². The Bertz CT molecular complexity index is 1120. The standard InChI is InChI=1S/C24H20N2O4/c1-29-18-11-7-16(8-12-18)25-15-22-20-5-3-4-6-21(20)23(27)26(24(22)28)17-9-13-19(30-2)14-10-17/h3-15,25H,1-2H3. The number of nitrogens with one attached hydrogen (secondary N) is 1. The average molecular weight is 400 g/mol. The number of anilines is 2. The van der Waals surface area contributed by atoms with E-state index in [2.05, 4.69) is 5.32 Å². The van der Waals surface area contributed by atoms with Crippen molar-refractivity contribution in [1.82, 2.24) is 0 Å². The van der Waals surface area contributed by atoms with Crippen LogP contribution in [0.1, 0.15) is 15.9 Å². The third kappa shape index (κ3) is 3.51. The van der Waals surface area contributed by atoms with Crippen LogP contribution in [-0.2, 0) is 4.79 Å². The molecule has 0 saturated carbocycles. The minimum Gasteiger partial charge on any atom is -0.497 e. The Morgan fingerprint density at radius 1 is 0.733 bits per heavy atom. The number of carbonyl (C=O) groups excluding carboxylic acids is 2. The van der Waals surface area contributed by atoms with Crippen LogP contribution in [0.4, 0.5) is 11.4 Å². The van der Waals surface area contributed by atoms with Crippen LogP contribution in [0, 0.1) is 0 Å². The molecule has 2 amide bonds. The number of nitrogens with zero attached hydrogens (tertiary/aromatic N) is 1. The first kappa shape index (κ1) is 19.3. The van der Waals surface area contributed by atoms with E-state index in [4.69, 9.17) is 9.47 Å². The zero-order valence-corrected chi connectivity index (χ0v) is 16.6. The normalized spacial score (nSPS) is 14.5. The van der Waals surface area contributed by atoms with E-state index in [1.807, 2.05) is 30.3 Å². The molecule has 6 nitrogen and oxygen atoms in total. The first-order valence-corrected chi connectivity index (χ1v) is 9.35. The van der Waals surface area contributed by atoms with Gasteiger partial charge in [0, 0.05) is 23.0 Å². The molecule has 0 aliphatic carbocycles. The minimum atomic E-state index is -0.398. The van der Waals surface area contributed by atoms with Gasteiger partial charge in [-0.3, -0.25) is 9.59 Å². The van der Waals surface area contributed by atoms with Crippen LogP contribution in [0.3, 0.4) is 0 Å². The Balaban J connectivity index is 1.73. The second-order valence-electron chi connectivity index (χ2n) is 6.62. The van der Waals surface area contributed by atoms with E-state index >= 15 is 0 Å². The molecule has 0 bridgehead atoms. The number of hydrogen-bond acceptors (Lipinski definition) is 5. The van der Waals surface area contributed by atoms with Gasteiger partial charge in [0.2, 0.25) is 0 Å². The van der Waals surface area contributed by atoms with Gasteiger partial charge in [0.05, 0.1) is 25.5 Å². The van der Waals surface area contributed by atoms with E-state index in [-0.39, 0.29) is 5.91 Å². The summed E-state index contributed by atoms with van der Waals surface area (Å²) < 4.78 is 10.3. The number of fused-ring (bicyclic) bond motifs is 1. The van der Waals surface area contributed by atoms with Gasteiger partial charge < -0.3 is 14.8 Å². The third-order valence-electron chi connectivity index (χ3n) is 4.89. The Hall–Kier alpha value is -4.06. The van der Waals surface area contributed by atoms with E-state index in [0.717, 1.165) is 11.4 Å². The smallest absolute Gasteiger partial charge is 0.267 e. The Kier molecular flexibility index (Phi) is 5.22. The number of rotatable bonds is 5. The molecule has 4 rings (SSSR count). The van der Waals surface area contributed by atoms with Crippen molar-refractivity contribution in [3.63, 3.8) is 0 Å². The highest BCUT2D eigenvalue weighted by Crippen LogP contribution is 2.33. The van der Waals surface area contributed by atoms with Gasteiger partial charge in [-0.25, -0.2) is 4.90 Å². The molecule has 1 N–H and O–H groups in total. The highest BCUT2D eigenvalue weighted by atomic mass is 16.5. The van der Waals surface area contributed by atoms with E-state index in [1.54, 1.807) is 62.9 Å². The molecule has 6 heteroatoms. The molecule has 3 aromatic rings. The fraction of sp³-hybridized carbons (Fsp3) is 0.0833. The van der Waals surface area contributed by atoms with Crippen molar-refractivity contribution in [2.75, 3.05) is 24.4 Å². The first-order chi connectivity index (χ1) is 14.6. The summed E-state index contributed by atoms with van der Waals surface area (Å²) in [5.41, 5.74) is 2.74. The van der Waals surface area contributed by atoms with Crippen LogP contribution in [-0.4, -0.2) is 26.0 Å². The van der Waals surface area contributed by atoms with Gasteiger partial charge in [-0.15, -0.1) is 0 Å². The molecule has 0 radical (unpaired) electrons. The number of carbonyl (C=O) groups is 2. The van der Waals surface area contributed by atoms with Gasteiger partial charge in [-0.1, -0.05) is 18.2 Å². The van der Waals surface area contributed by atoms with Crippen molar-refractivity contribution in [2.45, 2.75) is 0 Å². The summed E-state index contributed by atoms with van der Waals surface area (Å²) in [6.45, 7) is 0. The molecule has 1 heterocycles. The Morgan fingerprint density at radius 2 is 1.30 bits per heavy atom. The molecular weight excluding hydrogens is 380 g/mol. The molecule has 1 aliphatic rings. The molecule has 0 spiro atoms. The van der Waals surface area contributed by atoms with Crippen LogP contribution < -0.4 is 19.7 Å². The highest BCUT2D eigenvalue weighted by molar-refractivity contribution is 6.41. The average Bonchev–Trinajstić information content (AvgIpc) is 2.80. The number of methoxy groups -OCH3 is 2. The molecule has 0 unspecified atom stereocenters. The summed E-state index contributed by atoms with van der Waals surface area (Å²) in [6.07, 6.45) is 1.63. The van der Waals surface area contributed by atoms with Crippen molar-refractivity contribution in [1.29, 1.82) is 0 Å². The molecule has 30 heavy (non-hydrogen) atoms. The van der Waals surface area contributed by atoms with Gasteiger partial charge in [0.15, 0.2) is 0 Å². The largest absolute Gasteiger partial charge is 0.497 e. The fourth-order valence-corrected chi connectivity index (χ4v) is 3.30. The topological polar surface area (TPSA) is 67.9 Å². The number of ether oxygens (including phenoxy) is 2. The highest BCUT2D eigenvalue weighted by Gasteiger charge is 2.35. The lowest BCUT2D eigenvalue weighted by molar-refractivity contribution is -0.112. The van der Waals surface area contributed by atoms with Gasteiger partial charge in [0.25, 0.3) is 11.8 Å². The van der Waals surface area contributed by atoms with Gasteiger partial charge >= 0.3 is 0 Å². The summed E-state index contributed by atoms with van der Waals surface area (Å²) in [7, 11) is 3.17. The number of amides is 2. The molecule has 1 aliphatic heterocycles. The predicted octanol–water partition coefficient (Wildman–Crippen LogP) is 4.34. The molecule has 3 aromatic carbocycles. The molecule has 0 fully saturated rings. The van der Waals surface area contributed by atoms with Crippen LogP contribution in [0.15, 0.2) is 79.0 Å². The maximum Gasteiger partial charge on any atom is 0.267 e. The van der Waals surface area contributed by atoms with Crippen molar-refractivity contribution in [3.8, 4) is 11.5 Å². The van der Waals surface area contributed by atoms with E-state index < -0.39 is 5.91 Å². The molecule has 150 valence electrons. The van der Waals surface area contributed by atoms with Crippen molar-refractivity contribution < 1.29 is 19.1 Å². The first-order valence-electron chi connectivity index (χ1n) is 9.35. The molecular formula is C24H20N2O4. The minimum absolute atomic E-state index is 0.359. The summed E-state index contributed by atoms with van der Waals surface area (Å²) in [6, 6.07) is 21.3. The quantitative estimate of drug-likeness (QED) is 0.510. The zero-order chi connectivity index (χ0) is 21.1. The summed E-state index contributed by atoms with van der Waals surface area (Å²) in [5, 5.41) is 3.15. The summed E-state index contributed by atoms with van der Waals surface area (Å²) >= 11 is 0. The molecule has 0 atom stereocenters.